The second-order valence-corrected chi connectivity index (χ2v) is 15.0. The molecule has 0 N–H and O–H groups in total. The Morgan fingerprint density at radius 2 is 0.965 bits per heavy atom. The van der Waals surface area contributed by atoms with E-state index in [4.69, 9.17) is 0 Å². The molecule has 0 radical (unpaired) electrons. The number of halogens is 12. The standard InChI is InChI=1S/C43H34F12N2/c1-37(2)19-11-18-33-32(26-37)31-25-36-30(29-16-9-10-17-34(29)39(36,27-12-5-3-6-13-27)28-14-7-4-8-15-28)24-35(31)38(33,20-22-56(40(44,45)46)41(47,48)49)21-23-57(42(50,51)52)43(53,54)55/h3-19,24-26H,20-23H2,1-2H3. The number of alkyl halides is 12. The van der Waals surface area contributed by atoms with E-state index in [2.05, 4.69) is 0 Å². The maximum atomic E-state index is 14.1. The zero-order valence-corrected chi connectivity index (χ0v) is 30.3. The average Bonchev–Trinajstić information content (AvgIpc) is 3.44. The maximum absolute atomic E-state index is 14.1. The minimum Gasteiger partial charge on any atom is -0.155 e. The van der Waals surface area contributed by atoms with Crippen LogP contribution in [0.15, 0.2) is 127 Å². The predicted octanol–water partition coefficient (Wildman–Crippen LogP) is 12.7. The number of allylic oxidation sites excluding steroid dienone is 6. The van der Waals surface area contributed by atoms with E-state index in [1.54, 1.807) is 50.3 Å². The zero-order chi connectivity index (χ0) is 41.4. The summed E-state index contributed by atoms with van der Waals surface area (Å²) in [5, 5.41) is 0. The molecule has 0 bridgehead atoms. The molecule has 0 unspecified atom stereocenters. The SMILES string of the molecule is CC1(C)C=CC=C2C(=C1)c1cc3c(cc1C2(CCN(C(F)(F)F)C(F)(F)F)CCN(C(F)(F)F)C(F)(F)F)-c1ccccc1C3(c1ccccc1)c1ccccc1. The highest BCUT2D eigenvalue weighted by molar-refractivity contribution is 5.96. The van der Waals surface area contributed by atoms with Crippen LogP contribution in [0.1, 0.15) is 60.1 Å². The lowest BCUT2D eigenvalue weighted by Gasteiger charge is -2.38. The summed E-state index contributed by atoms with van der Waals surface area (Å²) in [4.78, 5) is -3.38. The summed E-state index contributed by atoms with van der Waals surface area (Å²) < 4.78 is 169. The molecule has 57 heavy (non-hydrogen) atoms. The van der Waals surface area contributed by atoms with Crippen molar-refractivity contribution in [1.82, 2.24) is 9.80 Å². The summed E-state index contributed by atoms with van der Waals surface area (Å²) in [5.74, 6) is 0. The minimum absolute atomic E-state index is 0.0231. The van der Waals surface area contributed by atoms with E-state index in [9.17, 15) is 52.7 Å². The molecule has 0 saturated heterocycles. The van der Waals surface area contributed by atoms with Gasteiger partial charge in [-0.2, -0.15) is 52.7 Å². The third kappa shape index (κ3) is 6.88. The molecule has 0 saturated carbocycles. The Morgan fingerprint density at radius 1 is 0.509 bits per heavy atom. The summed E-state index contributed by atoms with van der Waals surface area (Å²) in [6.07, 6.45) is -19.9. The Kier molecular flexibility index (Phi) is 9.67. The average molecular weight is 807 g/mol. The van der Waals surface area contributed by atoms with Crippen molar-refractivity contribution in [2.24, 2.45) is 5.41 Å². The topological polar surface area (TPSA) is 6.48 Å². The number of hydrogen-bond acceptors (Lipinski definition) is 2. The van der Waals surface area contributed by atoms with Crippen molar-refractivity contribution in [1.29, 1.82) is 0 Å². The van der Waals surface area contributed by atoms with Crippen LogP contribution in [0.2, 0.25) is 0 Å². The van der Waals surface area contributed by atoms with Crippen LogP contribution in [0.5, 0.6) is 0 Å². The number of rotatable bonds is 8. The molecular weight excluding hydrogens is 772 g/mol. The molecule has 0 amide bonds. The molecule has 7 rings (SSSR count). The molecule has 0 heterocycles. The van der Waals surface area contributed by atoms with E-state index < -0.39 is 77.2 Å². The second-order valence-electron chi connectivity index (χ2n) is 15.0. The van der Waals surface area contributed by atoms with E-state index in [0.29, 0.717) is 22.3 Å². The van der Waals surface area contributed by atoms with Crippen molar-refractivity contribution in [2.75, 3.05) is 13.1 Å². The number of benzene rings is 4. The highest BCUT2D eigenvalue weighted by atomic mass is 19.4. The molecule has 4 aromatic rings. The van der Waals surface area contributed by atoms with Crippen molar-refractivity contribution >= 4 is 5.57 Å². The minimum atomic E-state index is -5.97. The zero-order valence-electron chi connectivity index (χ0n) is 30.3. The normalized spacial score (nSPS) is 18.1. The summed E-state index contributed by atoms with van der Waals surface area (Å²) in [6, 6.07) is 29.3. The molecule has 300 valence electrons. The van der Waals surface area contributed by atoms with Crippen LogP contribution >= 0.6 is 0 Å². The van der Waals surface area contributed by atoms with Crippen molar-refractivity contribution < 1.29 is 52.7 Å². The fraction of sp³-hybridized carbons (Fsp3) is 0.302. The quantitative estimate of drug-likeness (QED) is 0.114. The Labute approximate surface area is 320 Å². The van der Waals surface area contributed by atoms with Gasteiger partial charge in [0.25, 0.3) is 0 Å². The van der Waals surface area contributed by atoms with Crippen molar-refractivity contribution in [3.8, 4) is 11.1 Å². The van der Waals surface area contributed by atoms with Crippen molar-refractivity contribution in [3.63, 3.8) is 0 Å². The molecule has 3 aliphatic rings. The van der Waals surface area contributed by atoms with Gasteiger partial charge in [-0.15, -0.1) is 9.80 Å². The highest BCUT2D eigenvalue weighted by Crippen LogP contribution is 2.62. The van der Waals surface area contributed by atoms with Gasteiger partial charge >= 0.3 is 25.2 Å². The highest BCUT2D eigenvalue weighted by Gasteiger charge is 2.59. The van der Waals surface area contributed by atoms with E-state index in [0.717, 1.165) is 16.7 Å². The molecule has 14 heteroatoms. The molecule has 2 nitrogen and oxygen atoms in total. The summed E-state index contributed by atoms with van der Waals surface area (Å²) >= 11 is 0. The van der Waals surface area contributed by atoms with Crippen molar-refractivity contribution in [3.05, 3.63) is 160 Å². The first kappa shape index (κ1) is 40.4. The van der Waals surface area contributed by atoms with Gasteiger partial charge in [0.15, 0.2) is 0 Å². The van der Waals surface area contributed by atoms with Crippen LogP contribution in [0, 0.1) is 5.41 Å². The van der Waals surface area contributed by atoms with Gasteiger partial charge in [0.05, 0.1) is 5.41 Å². The predicted molar refractivity (Wildman–Crippen MR) is 191 cm³/mol. The van der Waals surface area contributed by atoms with Gasteiger partial charge in [-0.3, -0.25) is 0 Å². The fourth-order valence-electron chi connectivity index (χ4n) is 8.94. The van der Waals surface area contributed by atoms with Gasteiger partial charge < -0.3 is 0 Å². The molecule has 0 aliphatic heterocycles. The molecule has 0 atom stereocenters. The van der Waals surface area contributed by atoms with Gasteiger partial charge in [0.1, 0.15) is 0 Å². The Hall–Kier alpha value is -4.82. The molecule has 0 spiro atoms. The van der Waals surface area contributed by atoms with Crippen LogP contribution in [-0.2, 0) is 10.8 Å². The van der Waals surface area contributed by atoms with Gasteiger partial charge in [0.2, 0.25) is 0 Å². The third-order valence-corrected chi connectivity index (χ3v) is 11.3. The monoisotopic (exact) mass is 806 g/mol. The number of fused-ring (bicyclic) bond motifs is 6. The molecule has 0 aromatic heterocycles. The summed E-state index contributed by atoms with van der Waals surface area (Å²) in [7, 11) is 0. The molecule has 4 aromatic carbocycles. The third-order valence-electron chi connectivity index (χ3n) is 11.3. The molecule has 3 aliphatic carbocycles. The smallest absolute Gasteiger partial charge is 0.155 e. The van der Waals surface area contributed by atoms with E-state index >= 15 is 0 Å². The molecular formula is C43H34F12N2. The van der Waals surface area contributed by atoms with Gasteiger partial charge in [-0.05, 0) is 80.6 Å². The van der Waals surface area contributed by atoms with Gasteiger partial charge in [0, 0.05) is 23.9 Å². The Bertz CT molecular complexity index is 2140. The van der Waals surface area contributed by atoms with Crippen LogP contribution in [0.3, 0.4) is 0 Å². The summed E-state index contributed by atoms with van der Waals surface area (Å²) in [5.41, 5.74) is 0.786. The van der Waals surface area contributed by atoms with Crippen LogP contribution in [0.4, 0.5) is 52.7 Å². The lowest BCUT2D eigenvalue weighted by atomic mass is 9.67. The largest absolute Gasteiger partial charge is 0.467 e. The molecule has 0 fully saturated rings. The number of nitrogens with zero attached hydrogens (tertiary/aromatic N) is 2. The van der Waals surface area contributed by atoms with Gasteiger partial charge in [-0.1, -0.05) is 123 Å². The van der Waals surface area contributed by atoms with Crippen LogP contribution in [0.25, 0.3) is 16.7 Å². The van der Waals surface area contributed by atoms with Crippen molar-refractivity contribution in [2.45, 2.75) is 62.7 Å². The Morgan fingerprint density at radius 3 is 1.46 bits per heavy atom. The first-order chi connectivity index (χ1) is 26.5. The summed E-state index contributed by atoms with van der Waals surface area (Å²) in [6.45, 7) is -0.0708. The van der Waals surface area contributed by atoms with Gasteiger partial charge in [-0.25, -0.2) is 0 Å². The Balaban J connectivity index is 1.57. The first-order valence-electron chi connectivity index (χ1n) is 17.9. The maximum Gasteiger partial charge on any atom is 0.467 e. The van der Waals surface area contributed by atoms with Crippen LogP contribution in [-0.4, -0.2) is 48.1 Å². The van der Waals surface area contributed by atoms with Crippen LogP contribution < -0.4 is 0 Å². The second kappa shape index (κ2) is 13.6. The fourth-order valence-corrected chi connectivity index (χ4v) is 8.94. The van der Waals surface area contributed by atoms with E-state index in [1.807, 2.05) is 72.8 Å². The van der Waals surface area contributed by atoms with E-state index in [1.165, 1.54) is 12.2 Å². The first-order valence-corrected chi connectivity index (χ1v) is 17.9. The number of hydrogen-bond donors (Lipinski definition) is 0. The van der Waals surface area contributed by atoms with E-state index in [-0.39, 0.29) is 16.7 Å². The lowest BCUT2D eigenvalue weighted by molar-refractivity contribution is -0.373. The lowest BCUT2D eigenvalue weighted by Crippen LogP contribution is -2.51.